The number of methoxy groups -OCH3 is 1. The molecule has 0 fully saturated rings. The molecule has 7 heteroatoms. The zero-order valence-electron chi connectivity index (χ0n) is 8.09. The van der Waals surface area contributed by atoms with Gasteiger partial charge in [-0.3, -0.25) is 4.99 Å². The number of nitrogens with two attached hydrogens (primary N) is 1. The van der Waals surface area contributed by atoms with Gasteiger partial charge in [0.25, 0.3) is 0 Å². The fraction of sp³-hybridized carbons (Fsp3) is 0.375. The van der Waals surface area contributed by atoms with Crippen molar-refractivity contribution in [2.75, 3.05) is 20.3 Å². The molecule has 4 nitrogen and oxygen atoms in total. The van der Waals surface area contributed by atoms with Crippen LogP contribution in [0.25, 0.3) is 0 Å². The molecular weight excluding hydrogens is 346 g/mol. The van der Waals surface area contributed by atoms with Crippen molar-refractivity contribution in [3.05, 3.63) is 19.2 Å². The summed E-state index contributed by atoms with van der Waals surface area (Å²) in [5.41, 5.74) is 2.58. The minimum Gasteiger partial charge on any atom is -0.383 e. The third kappa shape index (κ3) is 3.84. The Balaban J connectivity index is 2.78. The summed E-state index contributed by atoms with van der Waals surface area (Å²) >= 11 is 8.39. The molecule has 1 aromatic heterocycles. The number of halogens is 2. The van der Waals surface area contributed by atoms with Gasteiger partial charge in [-0.05, 0) is 37.9 Å². The lowest BCUT2D eigenvalue weighted by molar-refractivity contribution is 0.208. The van der Waals surface area contributed by atoms with Gasteiger partial charge < -0.3 is 10.2 Å². The van der Waals surface area contributed by atoms with Crippen LogP contribution in [0.5, 0.6) is 0 Å². The lowest BCUT2D eigenvalue weighted by Crippen LogP contribution is -2.30. The van der Waals surface area contributed by atoms with Crippen LogP contribution in [0.3, 0.4) is 0 Å². The average Bonchev–Trinajstić information content (AvgIpc) is 2.54. The molecule has 0 aromatic carbocycles. The summed E-state index contributed by atoms with van der Waals surface area (Å²) in [7, 11) is 1.64. The van der Waals surface area contributed by atoms with Gasteiger partial charge in [-0.25, -0.2) is 5.84 Å². The van der Waals surface area contributed by atoms with Crippen LogP contribution < -0.4 is 11.3 Å². The molecule has 0 amide bonds. The summed E-state index contributed by atoms with van der Waals surface area (Å²) in [5, 5.41) is 0. The van der Waals surface area contributed by atoms with Crippen molar-refractivity contribution in [1.29, 1.82) is 0 Å². The number of hydrazine groups is 1. The van der Waals surface area contributed by atoms with E-state index >= 15 is 0 Å². The third-order valence-electron chi connectivity index (χ3n) is 1.58. The van der Waals surface area contributed by atoms with E-state index in [0.717, 1.165) is 13.1 Å². The number of ether oxygens (including phenoxy) is 1. The molecule has 0 aliphatic heterocycles. The van der Waals surface area contributed by atoms with Crippen molar-refractivity contribution in [1.82, 2.24) is 5.43 Å². The van der Waals surface area contributed by atoms with E-state index in [1.807, 2.05) is 6.07 Å². The summed E-state index contributed by atoms with van der Waals surface area (Å²) in [6, 6.07) is 1.96. The Bertz CT molecular complexity index is 334. The van der Waals surface area contributed by atoms with Crippen molar-refractivity contribution >= 4 is 49.0 Å². The number of nitrogens with zero attached hydrogens (tertiary/aromatic N) is 1. The van der Waals surface area contributed by atoms with Gasteiger partial charge in [-0.15, -0.1) is 11.3 Å². The molecule has 0 aliphatic carbocycles. The predicted molar refractivity (Wildman–Crippen MR) is 70.3 cm³/mol. The Morgan fingerprint density at radius 2 is 2.40 bits per heavy atom. The van der Waals surface area contributed by atoms with Gasteiger partial charge in [0.2, 0.25) is 0 Å². The van der Waals surface area contributed by atoms with Crippen molar-refractivity contribution in [2.45, 2.75) is 0 Å². The number of rotatable bonds is 4. The first-order chi connectivity index (χ1) is 7.19. The molecule has 0 atom stereocenters. The first-order valence-corrected chi connectivity index (χ1v) is 6.54. The normalized spacial score (nSPS) is 11.9. The minimum atomic E-state index is 0.582. The van der Waals surface area contributed by atoms with Gasteiger partial charge in [0.15, 0.2) is 5.84 Å². The molecule has 1 rings (SSSR count). The van der Waals surface area contributed by atoms with Crippen LogP contribution in [-0.2, 0) is 4.74 Å². The SMILES string of the molecule is COCCN=C(NN)c1cc(Br)c(Br)s1. The summed E-state index contributed by atoms with van der Waals surface area (Å²) < 4.78 is 6.93. The maximum atomic E-state index is 5.40. The maximum absolute atomic E-state index is 5.40. The molecule has 0 saturated heterocycles. The van der Waals surface area contributed by atoms with Gasteiger partial charge in [0, 0.05) is 11.6 Å². The Hall–Kier alpha value is 0.0500. The number of aliphatic imine (C=N–C) groups is 1. The molecule has 15 heavy (non-hydrogen) atoms. The van der Waals surface area contributed by atoms with Crippen LogP contribution in [0.4, 0.5) is 0 Å². The number of amidine groups is 1. The molecule has 0 spiro atoms. The highest BCUT2D eigenvalue weighted by molar-refractivity contribution is 9.13. The fourth-order valence-electron chi connectivity index (χ4n) is 0.907. The van der Waals surface area contributed by atoms with Crippen LogP contribution in [0, 0.1) is 0 Å². The van der Waals surface area contributed by atoms with Gasteiger partial charge >= 0.3 is 0 Å². The van der Waals surface area contributed by atoms with E-state index < -0.39 is 0 Å². The van der Waals surface area contributed by atoms with Crippen molar-refractivity contribution in [3.63, 3.8) is 0 Å². The Morgan fingerprint density at radius 1 is 1.67 bits per heavy atom. The van der Waals surface area contributed by atoms with Crippen LogP contribution in [0.1, 0.15) is 4.88 Å². The van der Waals surface area contributed by atoms with Crippen molar-refractivity contribution < 1.29 is 4.74 Å². The molecule has 0 unspecified atom stereocenters. The van der Waals surface area contributed by atoms with Gasteiger partial charge in [-0.1, -0.05) is 0 Å². The number of nitrogens with one attached hydrogen (secondary N) is 1. The third-order valence-corrected chi connectivity index (χ3v) is 4.84. The van der Waals surface area contributed by atoms with E-state index in [4.69, 9.17) is 10.6 Å². The Morgan fingerprint density at radius 3 is 2.87 bits per heavy atom. The van der Waals surface area contributed by atoms with Crippen LogP contribution in [0.15, 0.2) is 19.3 Å². The van der Waals surface area contributed by atoms with E-state index in [9.17, 15) is 0 Å². The van der Waals surface area contributed by atoms with E-state index in [-0.39, 0.29) is 0 Å². The Kier molecular flexibility index (Phi) is 5.77. The molecule has 84 valence electrons. The van der Waals surface area contributed by atoms with E-state index in [2.05, 4.69) is 42.3 Å². The summed E-state index contributed by atoms with van der Waals surface area (Å²) in [5.74, 6) is 6.07. The van der Waals surface area contributed by atoms with E-state index in [0.29, 0.717) is 19.0 Å². The highest BCUT2D eigenvalue weighted by Crippen LogP contribution is 2.32. The number of hydrogen-bond donors (Lipinski definition) is 2. The van der Waals surface area contributed by atoms with Crippen molar-refractivity contribution in [3.8, 4) is 0 Å². The smallest absolute Gasteiger partial charge is 0.152 e. The molecule has 1 heterocycles. The second-order valence-electron chi connectivity index (χ2n) is 2.60. The molecular formula is C8H11Br2N3OS. The van der Waals surface area contributed by atoms with Gasteiger partial charge in [-0.2, -0.15) is 0 Å². The standard InChI is InChI=1S/C8H11Br2N3OS/c1-14-3-2-12-8(13-11)6-4-5(9)7(10)15-6/h4H,2-3,11H2,1H3,(H,12,13). The molecule has 0 bridgehead atoms. The quantitative estimate of drug-likeness (QED) is 0.285. The van der Waals surface area contributed by atoms with Gasteiger partial charge in [0.05, 0.1) is 21.8 Å². The molecule has 0 saturated carbocycles. The number of hydrogen-bond acceptors (Lipinski definition) is 4. The van der Waals surface area contributed by atoms with E-state index in [1.165, 1.54) is 0 Å². The zero-order valence-corrected chi connectivity index (χ0v) is 12.1. The first kappa shape index (κ1) is 13.1. The summed E-state index contributed by atoms with van der Waals surface area (Å²) in [6.07, 6.45) is 0. The first-order valence-electron chi connectivity index (χ1n) is 4.14. The van der Waals surface area contributed by atoms with Crippen molar-refractivity contribution in [2.24, 2.45) is 10.8 Å². The summed E-state index contributed by atoms with van der Waals surface area (Å²) in [4.78, 5) is 5.26. The predicted octanol–water partition coefficient (Wildman–Crippen LogP) is 2.13. The lowest BCUT2D eigenvalue weighted by Gasteiger charge is -2.02. The Labute approximate surface area is 109 Å². The largest absolute Gasteiger partial charge is 0.383 e. The maximum Gasteiger partial charge on any atom is 0.152 e. The van der Waals surface area contributed by atoms with Crippen LogP contribution >= 0.6 is 43.2 Å². The fourth-order valence-corrected chi connectivity index (χ4v) is 2.91. The van der Waals surface area contributed by atoms with E-state index in [1.54, 1.807) is 18.4 Å². The minimum absolute atomic E-state index is 0.582. The molecule has 0 radical (unpaired) electrons. The van der Waals surface area contributed by atoms with Crippen LogP contribution in [0.2, 0.25) is 0 Å². The highest BCUT2D eigenvalue weighted by atomic mass is 79.9. The lowest BCUT2D eigenvalue weighted by atomic mass is 10.4. The van der Waals surface area contributed by atoms with Crippen LogP contribution in [-0.4, -0.2) is 26.1 Å². The second kappa shape index (κ2) is 6.59. The molecule has 3 N–H and O–H groups in total. The number of thiophene rings is 1. The average molecular weight is 357 g/mol. The molecule has 1 aromatic rings. The highest BCUT2D eigenvalue weighted by Gasteiger charge is 2.08. The summed E-state index contributed by atoms with van der Waals surface area (Å²) in [6.45, 7) is 1.17. The molecule has 0 aliphatic rings. The zero-order chi connectivity index (χ0) is 11.3. The second-order valence-corrected chi connectivity index (χ2v) is 5.82. The van der Waals surface area contributed by atoms with Gasteiger partial charge in [0.1, 0.15) is 0 Å². The monoisotopic (exact) mass is 355 g/mol. The topological polar surface area (TPSA) is 59.6 Å².